The smallest absolute Gasteiger partial charge is 0.410 e. The molecule has 164 valence electrons. The van der Waals surface area contributed by atoms with Gasteiger partial charge in [-0.25, -0.2) is 14.6 Å². The van der Waals surface area contributed by atoms with Crippen molar-refractivity contribution in [3.63, 3.8) is 0 Å². The van der Waals surface area contributed by atoms with Crippen LogP contribution >= 0.6 is 0 Å². The van der Waals surface area contributed by atoms with E-state index in [4.69, 9.17) is 4.74 Å². The van der Waals surface area contributed by atoms with Crippen molar-refractivity contribution in [2.75, 3.05) is 36.0 Å². The Morgan fingerprint density at radius 1 is 1.03 bits per heavy atom. The number of urea groups is 1. The number of fused-ring (bicyclic) bond motifs is 1. The molecule has 2 aliphatic rings. The molecule has 3 heterocycles. The summed E-state index contributed by atoms with van der Waals surface area (Å²) in [6, 6.07) is 13.4. The van der Waals surface area contributed by atoms with Gasteiger partial charge in [-0.2, -0.15) is 0 Å². The lowest BCUT2D eigenvalue weighted by Gasteiger charge is -2.37. The van der Waals surface area contributed by atoms with Crippen molar-refractivity contribution in [3.05, 3.63) is 48.7 Å². The molecule has 1 N–H and O–H groups in total. The number of benzene rings is 1. The molecule has 0 aliphatic carbocycles. The van der Waals surface area contributed by atoms with Gasteiger partial charge in [-0.3, -0.25) is 4.90 Å². The number of amides is 3. The molecule has 1 aromatic heterocycles. The van der Waals surface area contributed by atoms with Crippen molar-refractivity contribution in [3.8, 4) is 0 Å². The lowest BCUT2D eigenvalue weighted by atomic mass is 10.1. The van der Waals surface area contributed by atoms with E-state index in [9.17, 15) is 9.59 Å². The zero-order valence-corrected chi connectivity index (χ0v) is 18.2. The zero-order valence-electron chi connectivity index (χ0n) is 18.2. The summed E-state index contributed by atoms with van der Waals surface area (Å²) in [7, 11) is 0. The maximum atomic E-state index is 13.1. The Morgan fingerprint density at radius 2 is 1.77 bits per heavy atom. The molecule has 1 saturated heterocycles. The SMILES string of the molecule is CC(C)(C)OC(=O)N1CC[C@H](NC(=O)N2CCN(c3ccccn3)c3ccccc32)C1. The fourth-order valence-corrected chi connectivity index (χ4v) is 3.95. The molecule has 0 spiro atoms. The molecule has 8 heteroatoms. The minimum Gasteiger partial charge on any atom is -0.444 e. The molecule has 3 amide bonds. The number of ether oxygens (including phenoxy) is 1. The molecule has 0 unspecified atom stereocenters. The van der Waals surface area contributed by atoms with Crippen molar-refractivity contribution >= 4 is 29.3 Å². The summed E-state index contributed by atoms with van der Waals surface area (Å²) in [6.07, 6.45) is 2.15. The second kappa shape index (κ2) is 8.45. The highest BCUT2D eigenvalue weighted by molar-refractivity contribution is 5.98. The van der Waals surface area contributed by atoms with Crippen LogP contribution in [0.1, 0.15) is 27.2 Å². The first-order chi connectivity index (χ1) is 14.8. The molecule has 2 aliphatic heterocycles. The number of nitrogens with one attached hydrogen (secondary N) is 1. The highest BCUT2D eigenvalue weighted by Gasteiger charge is 2.33. The minimum absolute atomic E-state index is 0.0963. The highest BCUT2D eigenvalue weighted by atomic mass is 16.6. The van der Waals surface area contributed by atoms with E-state index in [0.29, 0.717) is 32.6 Å². The number of hydrogen-bond acceptors (Lipinski definition) is 5. The van der Waals surface area contributed by atoms with Gasteiger partial charge in [0.1, 0.15) is 11.4 Å². The Morgan fingerprint density at radius 3 is 2.48 bits per heavy atom. The maximum Gasteiger partial charge on any atom is 0.410 e. The molecule has 2 aromatic rings. The summed E-state index contributed by atoms with van der Waals surface area (Å²) in [5.74, 6) is 0.860. The average molecular weight is 424 g/mol. The normalized spacial score (nSPS) is 18.5. The van der Waals surface area contributed by atoms with Gasteiger partial charge >= 0.3 is 12.1 Å². The van der Waals surface area contributed by atoms with E-state index in [1.165, 1.54) is 0 Å². The number of nitrogens with zero attached hydrogens (tertiary/aromatic N) is 4. The Balaban J connectivity index is 1.43. The van der Waals surface area contributed by atoms with Gasteiger partial charge in [-0.1, -0.05) is 18.2 Å². The van der Waals surface area contributed by atoms with Crippen molar-refractivity contribution in [2.24, 2.45) is 0 Å². The molecule has 8 nitrogen and oxygen atoms in total. The number of para-hydroxylation sites is 2. The fraction of sp³-hybridized carbons (Fsp3) is 0.435. The summed E-state index contributed by atoms with van der Waals surface area (Å²) in [6.45, 7) is 7.77. The first-order valence-corrected chi connectivity index (χ1v) is 10.7. The second-order valence-electron chi connectivity index (χ2n) is 8.84. The van der Waals surface area contributed by atoms with Crippen molar-refractivity contribution in [1.82, 2.24) is 15.2 Å². The summed E-state index contributed by atoms with van der Waals surface area (Å²) in [5.41, 5.74) is 1.26. The minimum atomic E-state index is -0.532. The standard InChI is InChI=1S/C23H29N5O3/c1-23(2,3)31-22(30)26-13-11-17(16-26)25-21(29)28-15-14-27(20-10-6-7-12-24-20)18-8-4-5-9-19(18)28/h4-10,12,17H,11,13-16H2,1-3H3,(H,25,29)/t17-/m0/s1. The summed E-state index contributed by atoms with van der Waals surface area (Å²) < 4.78 is 5.44. The van der Waals surface area contributed by atoms with Gasteiger partial charge in [0.25, 0.3) is 0 Å². The predicted molar refractivity (Wildman–Crippen MR) is 120 cm³/mol. The summed E-state index contributed by atoms with van der Waals surface area (Å²) >= 11 is 0. The topological polar surface area (TPSA) is 78.0 Å². The van der Waals surface area contributed by atoms with Crippen molar-refractivity contribution < 1.29 is 14.3 Å². The zero-order chi connectivity index (χ0) is 22.0. The molecule has 1 aromatic carbocycles. The quantitative estimate of drug-likeness (QED) is 0.796. The first-order valence-electron chi connectivity index (χ1n) is 10.7. The predicted octanol–water partition coefficient (Wildman–Crippen LogP) is 3.76. The Labute approximate surface area is 182 Å². The van der Waals surface area contributed by atoms with Crippen molar-refractivity contribution in [2.45, 2.75) is 38.8 Å². The number of aromatic nitrogens is 1. The molecule has 0 saturated carbocycles. The van der Waals surface area contributed by atoms with Gasteiger partial charge < -0.3 is 19.9 Å². The lowest BCUT2D eigenvalue weighted by Crippen LogP contribution is -2.50. The molecule has 31 heavy (non-hydrogen) atoms. The van der Waals surface area contributed by atoms with E-state index in [1.807, 2.05) is 63.2 Å². The van der Waals surface area contributed by atoms with Crippen molar-refractivity contribution in [1.29, 1.82) is 0 Å². The Bertz CT molecular complexity index is 944. The molecular formula is C23H29N5O3. The van der Waals surface area contributed by atoms with E-state index < -0.39 is 5.60 Å². The van der Waals surface area contributed by atoms with Crippen LogP contribution < -0.4 is 15.1 Å². The first kappa shape index (κ1) is 21.0. The van der Waals surface area contributed by atoms with E-state index in [-0.39, 0.29) is 18.2 Å². The maximum absolute atomic E-state index is 13.1. The Hall–Kier alpha value is -3.29. The number of hydrogen-bond donors (Lipinski definition) is 1. The van der Waals surface area contributed by atoms with Crippen LogP contribution in [0.3, 0.4) is 0 Å². The van der Waals surface area contributed by atoms with Crippen LogP contribution in [0.2, 0.25) is 0 Å². The number of anilines is 3. The van der Waals surface area contributed by atoms with E-state index in [1.54, 1.807) is 16.0 Å². The third-order valence-corrected chi connectivity index (χ3v) is 5.35. The summed E-state index contributed by atoms with van der Waals surface area (Å²) in [4.78, 5) is 35.4. The molecule has 1 atom stereocenters. The fourth-order valence-electron chi connectivity index (χ4n) is 3.95. The van der Waals surface area contributed by atoms with Crippen LogP contribution in [0.5, 0.6) is 0 Å². The number of rotatable bonds is 2. The summed E-state index contributed by atoms with van der Waals surface area (Å²) in [5, 5.41) is 3.10. The van der Waals surface area contributed by atoms with Crippen LogP contribution in [0, 0.1) is 0 Å². The number of carbonyl (C=O) groups is 2. The number of carbonyl (C=O) groups excluding carboxylic acids is 2. The number of pyridine rings is 1. The monoisotopic (exact) mass is 423 g/mol. The van der Waals surface area contributed by atoms with Gasteiger partial charge in [-0.05, 0) is 51.5 Å². The largest absolute Gasteiger partial charge is 0.444 e. The molecular weight excluding hydrogens is 394 g/mol. The van der Waals surface area contributed by atoms with Crippen LogP contribution in [0.4, 0.5) is 26.8 Å². The van der Waals surface area contributed by atoms with Gasteiger partial charge in [0.05, 0.1) is 17.4 Å². The number of likely N-dealkylation sites (tertiary alicyclic amines) is 1. The third-order valence-electron chi connectivity index (χ3n) is 5.35. The van der Waals surface area contributed by atoms with Crippen LogP contribution in [0.15, 0.2) is 48.7 Å². The van der Waals surface area contributed by atoms with E-state index in [2.05, 4.69) is 15.2 Å². The molecule has 4 rings (SSSR count). The average Bonchev–Trinajstić information content (AvgIpc) is 3.21. The van der Waals surface area contributed by atoms with Crippen LogP contribution in [0.25, 0.3) is 0 Å². The molecule has 0 radical (unpaired) electrons. The molecule has 1 fully saturated rings. The second-order valence-corrected chi connectivity index (χ2v) is 8.84. The lowest BCUT2D eigenvalue weighted by molar-refractivity contribution is 0.0291. The van der Waals surface area contributed by atoms with Gasteiger partial charge in [0.2, 0.25) is 0 Å². The highest BCUT2D eigenvalue weighted by Crippen LogP contribution is 2.36. The Kier molecular flexibility index (Phi) is 5.71. The van der Waals surface area contributed by atoms with E-state index in [0.717, 1.165) is 17.2 Å². The third kappa shape index (κ3) is 4.73. The van der Waals surface area contributed by atoms with Crippen LogP contribution in [-0.4, -0.2) is 59.8 Å². The van der Waals surface area contributed by atoms with E-state index >= 15 is 0 Å². The molecule has 0 bridgehead atoms. The van der Waals surface area contributed by atoms with Gasteiger partial charge in [-0.15, -0.1) is 0 Å². The van der Waals surface area contributed by atoms with Crippen LogP contribution in [-0.2, 0) is 4.74 Å². The van der Waals surface area contributed by atoms with Gasteiger partial charge in [0, 0.05) is 32.4 Å². The van der Waals surface area contributed by atoms with Gasteiger partial charge in [0.15, 0.2) is 0 Å².